The molecule has 0 aromatic rings. The first-order valence-corrected chi connectivity index (χ1v) is 4.99. The molecule has 62 valence electrons. The molecule has 10 heavy (non-hydrogen) atoms. The molecule has 0 fully saturated rings. The van der Waals surface area contributed by atoms with Gasteiger partial charge < -0.3 is 4.57 Å². The molecule has 0 aliphatic heterocycles. The average Bonchev–Trinajstić information content (AvgIpc) is 1.83. The van der Waals surface area contributed by atoms with Crippen LogP contribution in [0.5, 0.6) is 0 Å². The molecule has 0 heterocycles. The van der Waals surface area contributed by atoms with Gasteiger partial charge in [-0.25, -0.2) is 0 Å². The standard InChI is InChI=1S/C8H21NSi/c1-6-9(10)7(2)8(3,4)5/h7H,6H2,1-5,10H3. The van der Waals surface area contributed by atoms with E-state index in [1.165, 1.54) is 16.9 Å². The molecule has 0 aromatic heterocycles. The highest BCUT2D eigenvalue weighted by molar-refractivity contribution is 6.04. The van der Waals surface area contributed by atoms with Gasteiger partial charge in [-0.05, 0) is 18.9 Å². The molecule has 0 saturated carbocycles. The zero-order valence-corrected chi connectivity index (χ0v) is 10.2. The van der Waals surface area contributed by atoms with E-state index in [-0.39, 0.29) is 0 Å². The van der Waals surface area contributed by atoms with Crippen molar-refractivity contribution in [1.82, 2.24) is 4.57 Å². The summed E-state index contributed by atoms with van der Waals surface area (Å²) >= 11 is 0. The lowest BCUT2D eigenvalue weighted by molar-refractivity contribution is 0.203. The molecule has 0 aromatic carbocycles. The second-order valence-electron chi connectivity index (χ2n) is 4.12. The SMILES string of the molecule is CCN([SiH3])C(C)C(C)(C)C. The third kappa shape index (κ3) is 2.84. The predicted molar refractivity (Wildman–Crippen MR) is 51.2 cm³/mol. The van der Waals surface area contributed by atoms with E-state index in [0.29, 0.717) is 5.41 Å². The van der Waals surface area contributed by atoms with Crippen molar-refractivity contribution in [2.75, 3.05) is 6.54 Å². The van der Waals surface area contributed by atoms with Crippen LogP contribution in [0.25, 0.3) is 0 Å². The molecular formula is C8H21NSi. The molecule has 0 amide bonds. The van der Waals surface area contributed by atoms with Crippen LogP contribution in [0, 0.1) is 5.41 Å². The summed E-state index contributed by atoms with van der Waals surface area (Å²) in [6.45, 7) is 12.7. The van der Waals surface area contributed by atoms with Crippen molar-refractivity contribution in [2.45, 2.75) is 40.7 Å². The van der Waals surface area contributed by atoms with E-state index >= 15 is 0 Å². The maximum Gasteiger partial charge on any atom is 0.0787 e. The summed E-state index contributed by atoms with van der Waals surface area (Å²) in [6, 6.07) is 0.726. The van der Waals surface area contributed by atoms with Crippen LogP contribution in [-0.2, 0) is 0 Å². The van der Waals surface area contributed by atoms with Gasteiger partial charge >= 0.3 is 0 Å². The van der Waals surface area contributed by atoms with Gasteiger partial charge in [0.2, 0.25) is 0 Å². The Morgan fingerprint density at radius 2 is 1.80 bits per heavy atom. The van der Waals surface area contributed by atoms with Gasteiger partial charge in [-0.15, -0.1) is 0 Å². The van der Waals surface area contributed by atoms with E-state index in [1.54, 1.807) is 0 Å². The number of hydrogen-bond acceptors (Lipinski definition) is 1. The van der Waals surface area contributed by atoms with Crippen LogP contribution in [0.2, 0.25) is 0 Å². The molecular weight excluding hydrogens is 138 g/mol. The lowest BCUT2D eigenvalue weighted by Gasteiger charge is -2.35. The average molecular weight is 159 g/mol. The number of rotatable bonds is 2. The predicted octanol–water partition coefficient (Wildman–Crippen LogP) is 1.02. The van der Waals surface area contributed by atoms with Crippen LogP contribution < -0.4 is 0 Å². The van der Waals surface area contributed by atoms with Crippen LogP contribution in [0.15, 0.2) is 0 Å². The van der Waals surface area contributed by atoms with E-state index in [4.69, 9.17) is 0 Å². The highest BCUT2D eigenvalue weighted by Gasteiger charge is 2.21. The van der Waals surface area contributed by atoms with Crippen LogP contribution in [0.4, 0.5) is 0 Å². The molecule has 0 rings (SSSR count). The van der Waals surface area contributed by atoms with E-state index in [0.717, 1.165) is 6.04 Å². The number of nitrogens with zero attached hydrogens (tertiary/aromatic N) is 1. The first kappa shape index (κ1) is 10.2. The highest BCUT2D eigenvalue weighted by atomic mass is 28.2. The minimum atomic E-state index is 0.442. The Labute approximate surface area is 68.3 Å². The molecule has 0 spiro atoms. The van der Waals surface area contributed by atoms with Crippen molar-refractivity contribution in [3.63, 3.8) is 0 Å². The second-order valence-corrected chi connectivity index (χ2v) is 5.26. The molecule has 0 N–H and O–H groups in total. The quantitative estimate of drug-likeness (QED) is 0.544. The van der Waals surface area contributed by atoms with Crippen LogP contribution in [0.3, 0.4) is 0 Å². The Kier molecular flexibility index (Phi) is 3.60. The Hall–Kier alpha value is 0.177. The van der Waals surface area contributed by atoms with Crippen molar-refractivity contribution in [3.05, 3.63) is 0 Å². The summed E-state index contributed by atoms with van der Waals surface area (Å²) < 4.78 is 2.51. The normalized spacial score (nSPS) is 16.2. The van der Waals surface area contributed by atoms with Gasteiger partial charge in [0.05, 0.1) is 10.4 Å². The van der Waals surface area contributed by atoms with Crippen LogP contribution >= 0.6 is 0 Å². The van der Waals surface area contributed by atoms with Crippen molar-refractivity contribution in [1.29, 1.82) is 0 Å². The molecule has 1 unspecified atom stereocenters. The van der Waals surface area contributed by atoms with Gasteiger partial charge in [0.25, 0.3) is 0 Å². The van der Waals surface area contributed by atoms with Gasteiger partial charge in [0.1, 0.15) is 0 Å². The van der Waals surface area contributed by atoms with Crippen molar-refractivity contribution in [3.8, 4) is 0 Å². The summed E-state index contributed by atoms with van der Waals surface area (Å²) in [7, 11) is 1.19. The summed E-state index contributed by atoms with van der Waals surface area (Å²) in [6.07, 6.45) is 0. The molecule has 0 bridgehead atoms. The fourth-order valence-electron chi connectivity index (χ4n) is 0.935. The maximum atomic E-state index is 2.51. The molecule has 0 aliphatic carbocycles. The lowest BCUT2D eigenvalue weighted by atomic mass is 9.88. The monoisotopic (exact) mass is 159 g/mol. The van der Waals surface area contributed by atoms with Crippen molar-refractivity contribution in [2.24, 2.45) is 5.41 Å². The van der Waals surface area contributed by atoms with E-state index in [1.807, 2.05) is 0 Å². The minimum absolute atomic E-state index is 0.442. The number of hydrogen-bond donors (Lipinski definition) is 0. The third-order valence-electron chi connectivity index (χ3n) is 2.41. The fourth-order valence-corrected chi connectivity index (χ4v) is 1.71. The van der Waals surface area contributed by atoms with E-state index in [2.05, 4.69) is 39.2 Å². The highest BCUT2D eigenvalue weighted by Crippen LogP contribution is 2.22. The summed E-state index contributed by atoms with van der Waals surface area (Å²) in [5.41, 5.74) is 0.442. The topological polar surface area (TPSA) is 3.24 Å². The molecule has 1 nitrogen and oxygen atoms in total. The van der Waals surface area contributed by atoms with Crippen LogP contribution in [-0.4, -0.2) is 27.6 Å². The van der Waals surface area contributed by atoms with Crippen molar-refractivity contribution >= 4 is 10.4 Å². The zero-order valence-electron chi connectivity index (χ0n) is 8.23. The van der Waals surface area contributed by atoms with Gasteiger partial charge in [0.15, 0.2) is 0 Å². The maximum absolute atomic E-state index is 2.51. The second kappa shape index (κ2) is 3.53. The molecule has 0 saturated heterocycles. The lowest BCUT2D eigenvalue weighted by Crippen LogP contribution is -2.40. The Morgan fingerprint density at radius 3 is 1.90 bits per heavy atom. The van der Waals surface area contributed by atoms with Crippen LogP contribution in [0.1, 0.15) is 34.6 Å². The van der Waals surface area contributed by atoms with Crippen molar-refractivity contribution < 1.29 is 0 Å². The largest absolute Gasteiger partial charge is 0.330 e. The van der Waals surface area contributed by atoms with Gasteiger partial charge in [-0.3, -0.25) is 0 Å². The van der Waals surface area contributed by atoms with Gasteiger partial charge in [-0.2, -0.15) is 0 Å². The molecule has 2 heteroatoms. The summed E-state index contributed by atoms with van der Waals surface area (Å²) in [5, 5.41) is 0. The van der Waals surface area contributed by atoms with E-state index < -0.39 is 0 Å². The van der Waals surface area contributed by atoms with Gasteiger partial charge in [-0.1, -0.05) is 27.7 Å². The minimum Gasteiger partial charge on any atom is -0.330 e. The Bertz CT molecular complexity index is 95.9. The summed E-state index contributed by atoms with van der Waals surface area (Å²) in [4.78, 5) is 0. The fraction of sp³-hybridized carbons (Fsp3) is 1.00. The molecule has 0 radical (unpaired) electrons. The third-order valence-corrected chi connectivity index (χ3v) is 3.82. The Morgan fingerprint density at radius 1 is 1.40 bits per heavy atom. The smallest absolute Gasteiger partial charge is 0.0787 e. The zero-order chi connectivity index (χ0) is 8.36. The first-order chi connectivity index (χ1) is 4.39. The van der Waals surface area contributed by atoms with Gasteiger partial charge in [0, 0.05) is 6.04 Å². The summed E-state index contributed by atoms with van der Waals surface area (Å²) in [5.74, 6) is 0. The van der Waals surface area contributed by atoms with E-state index in [9.17, 15) is 0 Å². The Balaban J connectivity index is 3.94. The molecule has 0 aliphatic rings. The first-order valence-electron chi connectivity index (χ1n) is 4.09. The molecule has 1 atom stereocenters.